The quantitative estimate of drug-likeness (QED) is 0.584. The summed E-state index contributed by atoms with van der Waals surface area (Å²) in [5.74, 6) is 1.51. The molecular weight excluding hydrogens is 358 g/mol. The third-order valence-electron chi connectivity index (χ3n) is 2.40. The van der Waals surface area contributed by atoms with Gasteiger partial charge in [-0.3, -0.25) is 4.79 Å². The van der Waals surface area contributed by atoms with Crippen molar-refractivity contribution >= 4 is 55.0 Å². The number of hydrogen-bond donors (Lipinski definition) is 0. The van der Waals surface area contributed by atoms with Crippen molar-refractivity contribution in [2.24, 2.45) is 4.99 Å². The zero-order valence-electron chi connectivity index (χ0n) is 10.8. The summed E-state index contributed by atoms with van der Waals surface area (Å²) >= 11 is 6.10. The number of carbonyl (C=O) groups is 1. The van der Waals surface area contributed by atoms with Gasteiger partial charge in [0.25, 0.3) is 0 Å². The lowest BCUT2D eigenvalue weighted by molar-refractivity contribution is -0.107. The van der Waals surface area contributed by atoms with Crippen LogP contribution < -0.4 is 4.74 Å². The van der Waals surface area contributed by atoms with Crippen molar-refractivity contribution in [2.75, 3.05) is 12.9 Å². The molecule has 0 aliphatic carbocycles. The monoisotopic (exact) mass is 369 g/mol. The highest BCUT2D eigenvalue weighted by atomic mass is 79.9. The van der Waals surface area contributed by atoms with Crippen molar-refractivity contribution in [2.45, 2.75) is 0 Å². The van der Waals surface area contributed by atoms with Crippen LogP contribution >= 0.6 is 39.5 Å². The molecule has 0 radical (unpaired) electrons. The summed E-state index contributed by atoms with van der Waals surface area (Å²) in [6, 6.07) is 5.63. The molecule has 0 aromatic heterocycles. The molecule has 0 spiro atoms. The van der Waals surface area contributed by atoms with Crippen molar-refractivity contribution in [3.8, 4) is 5.75 Å². The van der Waals surface area contributed by atoms with Gasteiger partial charge in [0.1, 0.15) is 15.8 Å². The van der Waals surface area contributed by atoms with Gasteiger partial charge in [0.15, 0.2) is 0 Å². The molecule has 1 aromatic rings. The van der Waals surface area contributed by atoms with Crippen molar-refractivity contribution in [1.29, 1.82) is 0 Å². The molecule has 1 aromatic carbocycles. The van der Waals surface area contributed by atoms with Crippen molar-refractivity contribution in [3.63, 3.8) is 0 Å². The molecule has 0 saturated carbocycles. The number of benzene rings is 1. The minimum absolute atomic E-state index is 0.0245. The Morgan fingerprint density at radius 1 is 1.55 bits per heavy atom. The Balaban J connectivity index is 2.21. The van der Waals surface area contributed by atoms with Gasteiger partial charge >= 0.3 is 0 Å². The van der Waals surface area contributed by atoms with E-state index in [2.05, 4.69) is 27.5 Å². The Morgan fingerprint density at radius 3 is 3.00 bits per heavy atom. The lowest BCUT2D eigenvalue weighted by atomic mass is 10.2. The Kier molecular flexibility index (Phi) is 5.51. The van der Waals surface area contributed by atoms with Gasteiger partial charge in [0, 0.05) is 5.75 Å². The van der Waals surface area contributed by atoms with Crippen LogP contribution in [0.15, 0.2) is 46.0 Å². The van der Waals surface area contributed by atoms with E-state index in [0.717, 1.165) is 25.9 Å². The van der Waals surface area contributed by atoms with Crippen LogP contribution in [-0.2, 0) is 4.79 Å². The number of rotatable bonds is 4. The van der Waals surface area contributed by atoms with Gasteiger partial charge in [0.2, 0.25) is 5.12 Å². The predicted molar refractivity (Wildman–Crippen MR) is 91.4 cm³/mol. The number of nitrogens with zero attached hydrogens (tertiary/aromatic N) is 1. The van der Waals surface area contributed by atoms with Gasteiger partial charge in [-0.1, -0.05) is 23.9 Å². The zero-order valence-corrected chi connectivity index (χ0v) is 14.0. The van der Waals surface area contributed by atoms with Gasteiger partial charge in [-0.2, -0.15) is 0 Å². The Bertz CT molecular complexity index is 611. The molecule has 0 bridgehead atoms. The molecule has 0 atom stereocenters. The fourth-order valence-electron chi connectivity index (χ4n) is 1.51. The predicted octanol–water partition coefficient (Wildman–Crippen LogP) is 4.35. The topological polar surface area (TPSA) is 38.7 Å². The molecule has 0 unspecified atom stereocenters. The van der Waals surface area contributed by atoms with E-state index in [1.165, 1.54) is 23.5 Å². The highest BCUT2D eigenvalue weighted by Crippen LogP contribution is 2.32. The molecular formula is C14H12BrNO2S2. The maximum atomic E-state index is 11.9. The summed E-state index contributed by atoms with van der Waals surface area (Å²) in [7, 11) is 1.61. The normalized spacial score (nSPS) is 16.4. The molecule has 0 amide bonds. The third-order valence-corrected chi connectivity index (χ3v) is 5.03. The number of carbonyl (C=O) groups excluding carboxylic acids is 1. The summed E-state index contributed by atoms with van der Waals surface area (Å²) in [5.41, 5.74) is 1.37. The second kappa shape index (κ2) is 7.15. The molecule has 20 heavy (non-hydrogen) atoms. The van der Waals surface area contributed by atoms with E-state index in [-0.39, 0.29) is 5.12 Å². The first-order valence-corrected chi connectivity index (χ1v) is 8.33. The molecule has 1 heterocycles. The number of thioether (sulfide) groups is 2. The van der Waals surface area contributed by atoms with E-state index >= 15 is 0 Å². The second-order valence-electron chi connectivity index (χ2n) is 3.79. The van der Waals surface area contributed by atoms with Gasteiger partial charge in [-0.15, -0.1) is 6.58 Å². The first-order valence-electron chi connectivity index (χ1n) is 5.74. The van der Waals surface area contributed by atoms with Crippen LogP contribution in [0.4, 0.5) is 0 Å². The standard InChI is InChI=1S/C14H12BrNO2S2/c1-3-6-19-14-16-11(13(17)20-14)8-9-4-5-12(18-2)10(15)7-9/h3-5,7-8H,1,6H2,2H3/b11-8-. The number of ether oxygens (including phenoxy) is 1. The van der Waals surface area contributed by atoms with Crippen molar-refractivity contribution in [3.05, 3.63) is 46.6 Å². The van der Waals surface area contributed by atoms with Crippen LogP contribution in [0.3, 0.4) is 0 Å². The lowest BCUT2D eigenvalue weighted by Crippen LogP contribution is -1.89. The summed E-state index contributed by atoms with van der Waals surface area (Å²) in [4.78, 5) is 16.2. The minimum Gasteiger partial charge on any atom is -0.496 e. The van der Waals surface area contributed by atoms with E-state index in [1.54, 1.807) is 19.3 Å². The van der Waals surface area contributed by atoms with Crippen LogP contribution in [0.25, 0.3) is 6.08 Å². The average molecular weight is 370 g/mol. The summed E-state index contributed by atoms with van der Waals surface area (Å²) in [6.07, 6.45) is 3.57. The van der Waals surface area contributed by atoms with E-state index in [4.69, 9.17) is 4.74 Å². The maximum absolute atomic E-state index is 11.9. The lowest BCUT2D eigenvalue weighted by Gasteiger charge is -2.03. The molecule has 0 fully saturated rings. The van der Waals surface area contributed by atoms with Gasteiger partial charge < -0.3 is 4.74 Å². The largest absolute Gasteiger partial charge is 0.496 e. The van der Waals surface area contributed by atoms with Crippen LogP contribution in [-0.4, -0.2) is 22.4 Å². The fraction of sp³-hybridized carbons (Fsp3) is 0.143. The van der Waals surface area contributed by atoms with E-state index in [1.807, 2.05) is 18.2 Å². The first-order chi connectivity index (χ1) is 9.63. The molecule has 6 heteroatoms. The zero-order chi connectivity index (χ0) is 14.5. The number of hydrogen-bond acceptors (Lipinski definition) is 5. The first kappa shape index (κ1) is 15.4. The molecule has 0 N–H and O–H groups in total. The van der Waals surface area contributed by atoms with Crippen molar-refractivity contribution < 1.29 is 9.53 Å². The van der Waals surface area contributed by atoms with Crippen LogP contribution in [0.1, 0.15) is 5.56 Å². The molecule has 104 valence electrons. The summed E-state index contributed by atoms with van der Waals surface area (Å²) < 4.78 is 6.79. The number of methoxy groups -OCH3 is 1. The van der Waals surface area contributed by atoms with Gasteiger partial charge in [0.05, 0.1) is 11.6 Å². The molecule has 3 nitrogen and oxygen atoms in total. The molecule has 1 aliphatic rings. The van der Waals surface area contributed by atoms with Crippen LogP contribution in [0.5, 0.6) is 5.75 Å². The van der Waals surface area contributed by atoms with Gasteiger partial charge in [-0.05, 0) is 51.5 Å². The Morgan fingerprint density at radius 2 is 2.35 bits per heavy atom. The third kappa shape index (κ3) is 3.77. The number of aliphatic imine (C=N–C) groups is 1. The van der Waals surface area contributed by atoms with E-state index < -0.39 is 0 Å². The van der Waals surface area contributed by atoms with Crippen LogP contribution in [0.2, 0.25) is 0 Å². The fourth-order valence-corrected chi connectivity index (χ4v) is 3.67. The SMILES string of the molecule is C=CCSC1=N/C(=C\c2ccc(OC)c(Br)c2)C(=O)S1. The minimum atomic E-state index is -0.0245. The highest BCUT2D eigenvalue weighted by molar-refractivity contribution is 9.10. The molecule has 2 rings (SSSR count). The second-order valence-corrected chi connectivity index (χ2v) is 6.87. The summed E-state index contributed by atoms with van der Waals surface area (Å²) in [5, 5.41) is -0.0245. The van der Waals surface area contributed by atoms with E-state index in [9.17, 15) is 4.79 Å². The van der Waals surface area contributed by atoms with Gasteiger partial charge in [-0.25, -0.2) is 4.99 Å². The molecule has 0 saturated heterocycles. The van der Waals surface area contributed by atoms with Crippen molar-refractivity contribution in [1.82, 2.24) is 0 Å². The maximum Gasteiger partial charge on any atom is 0.244 e. The van der Waals surface area contributed by atoms with E-state index in [0.29, 0.717) is 5.70 Å². The van der Waals surface area contributed by atoms with Crippen LogP contribution in [0, 0.1) is 0 Å². The number of halogens is 1. The smallest absolute Gasteiger partial charge is 0.244 e. The Hall–Kier alpha value is -0.980. The average Bonchev–Trinajstić information content (AvgIpc) is 2.77. The summed E-state index contributed by atoms with van der Waals surface area (Å²) in [6.45, 7) is 3.65. The molecule has 1 aliphatic heterocycles. The highest BCUT2D eigenvalue weighted by Gasteiger charge is 2.22. The Labute approximate surface area is 134 Å².